The second-order valence-electron chi connectivity index (χ2n) is 10.6. The van der Waals surface area contributed by atoms with Crippen LogP contribution in [0.15, 0.2) is 60.7 Å². The Balaban J connectivity index is 0. The molecule has 0 radical (unpaired) electrons. The average molecular weight is 643 g/mol. The third-order valence-electron chi connectivity index (χ3n) is 7.16. The maximum absolute atomic E-state index is 12.1. The van der Waals surface area contributed by atoms with Crippen molar-refractivity contribution in [3.05, 3.63) is 88.5 Å². The van der Waals surface area contributed by atoms with Crippen molar-refractivity contribution < 1.29 is 14.4 Å². The lowest BCUT2D eigenvalue weighted by molar-refractivity contribution is -0.108. The topological polar surface area (TPSA) is 80.5 Å². The van der Waals surface area contributed by atoms with Gasteiger partial charge in [-0.15, -0.1) is 5.92 Å². The van der Waals surface area contributed by atoms with Crippen molar-refractivity contribution in [3.8, 4) is 23.0 Å². The van der Waals surface area contributed by atoms with E-state index < -0.39 is 5.92 Å². The number of Topliss-reactive ketones (excluding diaryl/α,β-unsaturated/α-hetero) is 1. The van der Waals surface area contributed by atoms with Crippen molar-refractivity contribution in [1.82, 2.24) is 4.90 Å². The Hall–Kier alpha value is -4.17. The number of nitrogens with two attached hydrogens (primary N) is 1. The predicted octanol–water partition coefficient (Wildman–Crippen LogP) is 10.6. The van der Waals surface area contributed by atoms with E-state index in [1.807, 2.05) is 85.7 Å². The van der Waals surface area contributed by atoms with Gasteiger partial charge in [0, 0.05) is 36.8 Å². The van der Waals surface area contributed by atoms with Gasteiger partial charge in [-0.25, -0.2) is 0 Å². The average Bonchev–Trinajstić information content (AvgIpc) is 3.12. The van der Waals surface area contributed by atoms with Gasteiger partial charge in [-0.2, -0.15) is 0 Å². The van der Waals surface area contributed by atoms with Crippen LogP contribution in [0, 0.1) is 24.7 Å². The number of amides is 1. The zero-order valence-electron chi connectivity index (χ0n) is 31.6. The van der Waals surface area contributed by atoms with Gasteiger partial charge in [-0.05, 0) is 85.2 Å². The van der Waals surface area contributed by atoms with Gasteiger partial charge >= 0.3 is 0 Å². The van der Waals surface area contributed by atoms with Crippen LogP contribution in [0.25, 0.3) is 11.1 Å². The summed E-state index contributed by atoms with van der Waals surface area (Å²) in [7, 11) is 3.44. The van der Waals surface area contributed by atoms with Gasteiger partial charge in [0.25, 0.3) is 5.91 Å². The van der Waals surface area contributed by atoms with Crippen molar-refractivity contribution in [3.63, 3.8) is 0 Å². The second-order valence-corrected chi connectivity index (χ2v) is 10.6. The first-order valence-corrected chi connectivity index (χ1v) is 17.3. The number of ketones is 1. The third-order valence-corrected chi connectivity index (χ3v) is 7.16. The summed E-state index contributed by atoms with van der Waals surface area (Å²) in [5.41, 5.74) is 13.1. The summed E-state index contributed by atoms with van der Waals surface area (Å²) < 4.78 is 0. The Kier molecular flexibility index (Phi) is 24.8. The lowest BCUT2D eigenvalue weighted by Crippen LogP contribution is -2.21. The minimum atomic E-state index is -0.537. The third kappa shape index (κ3) is 14.9. The molecule has 0 heterocycles. The van der Waals surface area contributed by atoms with Crippen LogP contribution in [0.4, 0.5) is 5.69 Å². The number of hydrogen-bond donors (Lipinski definition) is 1. The summed E-state index contributed by atoms with van der Waals surface area (Å²) >= 11 is 0. The van der Waals surface area contributed by atoms with Crippen LogP contribution >= 0.6 is 0 Å². The number of carbonyl (C=O) groups excluding carboxylic acids is 3. The summed E-state index contributed by atoms with van der Waals surface area (Å²) in [6.45, 7) is 22.0. The fourth-order valence-corrected chi connectivity index (χ4v) is 4.42. The molecule has 0 bridgehead atoms. The van der Waals surface area contributed by atoms with E-state index in [-0.39, 0.29) is 17.6 Å². The molecule has 3 aromatic carbocycles. The van der Waals surface area contributed by atoms with E-state index in [0.29, 0.717) is 16.8 Å². The minimum Gasteiger partial charge on any atom is -0.398 e. The van der Waals surface area contributed by atoms with Gasteiger partial charge < -0.3 is 15.4 Å². The molecule has 0 aliphatic carbocycles. The first-order chi connectivity index (χ1) is 22.6. The second kappa shape index (κ2) is 26.0. The highest BCUT2D eigenvalue weighted by Gasteiger charge is 2.16. The molecule has 1 amide bonds. The summed E-state index contributed by atoms with van der Waals surface area (Å²) in [4.78, 5) is 36.9. The number of rotatable bonds is 10. The molecule has 0 saturated carbocycles. The Morgan fingerprint density at radius 2 is 1.45 bits per heavy atom. The molecule has 5 nitrogen and oxygen atoms in total. The standard InChI is InChI=1S/C20H20N2O2.C16H24O.3C2H6/c1-4-5-17(13-23)18-12-16(10-11-19(18)21)14-6-8-15(9-7-14)20(24)22(2)3;1-5-7-8-14-9-10-15(13(4)11-14)16(17)12(3)6-2;3*1-2/h6-13,17H,21H2,1-3H3;9-12H,5-8H2,1-4H3;3*1-2H3. The zero-order chi connectivity index (χ0) is 36.5. The molecule has 0 fully saturated rings. The normalized spacial score (nSPS) is 10.6. The highest BCUT2D eigenvalue weighted by Crippen LogP contribution is 2.28. The molecule has 2 N–H and O–H groups in total. The van der Waals surface area contributed by atoms with E-state index in [9.17, 15) is 14.4 Å². The first kappa shape index (κ1) is 45.0. The van der Waals surface area contributed by atoms with Crippen molar-refractivity contribution >= 4 is 23.7 Å². The number of anilines is 1. The van der Waals surface area contributed by atoms with Gasteiger partial charge in [0.1, 0.15) is 12.2 Å². The number of nitrogens with zero attached hydrogens (tertiary/aromatic N) is 1. The number of nitrogen functional groups attached to an aromatic ring is 1. The maximum atomic E-state index is 12.1. The van der Waals surface area contributed by atoms with Crippen LogP contribution in [-0.2, 0) is 11.2 Å². The molecule has 2 atom stereocenters. The molecule has 0 aromatic heterocycles. The molecular weight excluding hydrogens is 580 g/mol. The van der Waals surface area contributed by atoms with Crippen LogP contribution in [0.3, 0.4) is 0 Å². The minimum absolute atomic E-state index is 0.0428. The highest BCUT2D eigenvalue weighted by molar-refractivity contribution is 5.99. The monoisotopic (exact) mass is 642 g/mol. The molecule has 3 aromatic rings. The number of aldehydes is 1. The van der Waals surface area contributed by atoms with Crippen LogP contribution < -0.4 is 5.73 Å². The molecule has 3 rings (SSSR count). The van der Waals surface area contributed by atoms with Gasteiger partial charge in [0.15, 0.2) is 5.78 Å². The fraction of sp³-hybridized carbons (Fsp3) is 0.452. The van der Waals surface area contributed by atoms with E-state index in [1.54, 1.807) is 39.2 Å². The summed E-state index contributed by atoms with van der Waals surface area (Å²) in [6.07, 6.45) is 5.26. The Morgan fingerprint density at radius 3 is 1.91 bits per heavy atom. The van der Waals surface area contributed by atoms with Crippen molar-refractivity contribution in [2.45, 2.75) is 108 Å². The molecule has 47 heavy (non-hydrogen) atoms. The molecule has 0 aliphatic rings. The molecule has 5 heteroatoms. The molecule has 0 aliphatic heterocycles. The maximum Gasteiger partial charge on any atom is 0.253 e. The predicted molar refractivity (Wildman–Crippen MR) is 204 cm³/mol. The fourth-order valence-electron chi connectivity index (χ4n) is 4.42. The SMILES string of the molecule is CC.CC.CC.CC#CC(C=O)c1cc(-c2ccc(C(=O)N(C)C)cc2)ccc1N.CCCCc1ccc(C(=O)C(C)CC)c(C)c1. The lowest BCUT2D eigenvalue weighted by Gasteiger charge is -2.12. The van der Waals surface area contributed by atoms with Crippen molar-refractivity contribution in [2.75, 3.05) is 19.8 Å². The van der Waals surface area contributed by atoms with Crippen LogP contribution in [0.5, 0.6) is 0 Å². The van der Waals surface area contributed by atoms with Crippen LogP contribution in [-0.4, -0.2) is 37.0 Å². The summed E-state index contributed by atoms with van der Waals surface area (Å²) in [5.74, 6) is 5.45. The van der Waals surface area contributed by atoms with Crippen molar-refractivity contribution in [1.29, 1.82) is 0 Å². The van der Waals surface area contributed by atoms with E-state index in [2.05, 4.69) is 37.8 Å². The number of aryl methyl sites for hydroxylation is 2. The van der Waals surface area contributed by atoms with E-state index in [4.69, 9.17) is 5.73 Å². The summed E-state index contributed by atoms with van der Waals surface area (Å²) in [5, 5.41) is 0. The van der Waals surface area contributed by atoms with Gasteiger partial charge in [0.05, 0.1) is 0 Å². The number of carbonyl (C=O) groups is 3. The van der Waals surface area contributed by atoms with Gasteiger partial charge in [-0.1, -0.05) is 111 Å². The molecule has 258 valence electrons. The molecule has 2 unspecified atom stereocenters. The van der Waals surface area contributed by atoms with E-state index in [1.165, 1.54) is 23.3 Å². The van der Waals surface area contributed by atoms with Crippen molar-refractivity contribution in [2.24, 2.45) is 5.92 Å². The Morgan fingerprint density at radius 1 is 0.872 bits per heavy atom. The lowest BCUT2D eigenvalue weighted by atomic mass is 9.92. The highest BCUT2D eigenvalue weighted by atomic mass is 16.2. The Bertz CT molecular complexity index is 1400. The van der Waals surface area contributed by atoms with E-state index >= 15 is 0 Å². The molecule has 0 spiro atoms. The van der Waals surface area contributed by atoms with Crippen LogP contribution in [0.2, 0.25) is 0 Å². The zero-order valence-corrected chi connectivity index (χ0v) is 31.6. The Labute approximate surface area is 287 Å². The summed E-state index contributed by atoms with van der Waals surface area (Å²) in [6, 6.07) is 19.2. The largest absolute Gasteiger partial charge is 0.398 e. The number of hydrogen-bond acceptors (Lipinski definition) is 4. The number of benzene rings is 3. The van der Waals surface area contributed by atoms with Crippen LogP contribution in [0.1, 0.15) is 132 Å². The van der Waals surface area contributed by atoms with E-state index in [0.717, 1.165) is 41.4 Å². The molecule has 0 saturated heterocycles. The smallest absolute Gasteiger partial charge is 0.253 e. The molecular formula is C42H62N2O3. The van der Waals surface area contributed by atoms with Gasteiger partial charge in [-0.3, -0.25) is 9.59 Å². The van der Waals surface area contributed by atoms with Gasteiger partial charge in [0.2, 0.25) is 0 Å². The quantitative estimate of drug-likeness (QED) is 0.103. The number of unbranched alkanes of at least 4 members (excludes halogenated alkanes) is 1. The first-order valence-electron chi connectivity index (χ1n) is 17.3.